The van der Waals surface area contributed by atoms with Gasteiger partial charge in [-0.2, -0.15) is 15.1 Å². The second kappa shape index (κ2) is 20.1. The molecule has 0 saturated carbocycles. The second-order valence-electron chi connectivity index (χ2n) is 13.3. The van der Waals surface area contributed by atoms with Gasteiger partial charge < -0.3 is 32.5 Å². The molecular formula is C44H43N4O10P. The first-order chi connectivity index (χ1) is 28.7. The molecule has 1 aromatic heterocycles. The molecule has 0 unspecified atom stereocenters. The van der Waals surface area contributed by atoms with Crippen molar-refractivity contribution in [1.29, 1.82) is 10.5 Å². The van der Waals surface area contributed by atoms with Crippen LogP contribution in [0.25, 0.3) is 0 Å². The quantitative estimate of drug-likeness (QED) is 0.0515. The lowest BCUT2D eigenvalue weighted by atomic mass is 9.80. The maximum Gasteiger partial charge on any atom is 0.340 e. The van der Waals surface area contributed by atoms with Crippen molar-refractivity contribution >= 4 is 14.5 Å². The molecule has 0 radical (unpaired) electrons. The van der Waals surface area contributed by atoms with Crippen molar-refractivity contribution in [3.63, 3.8) is 0 Å². The Morgan fingerprint density at radius 2 is 1.32 bits per heavy atom. The number of rotatable bonds is 18. The molecule has 2 heterocycles. The summed E-state index contributed by atoms with van der Waals surface area (Å²) in [5.41, 5.74) is -0.269. The molecule has 0 amide bonds. The lowest BCUT2D eigenvalue weighted by Gasteiger charge is -2.37. The Kier molecular flexibility index (Phi) is 14.6. The predicted molar refractivity (Wildman–Crippen MR) is 217 cm³/mol. The Morgan fingerprint density at radius 3 is 1.85 bits per heavy atom. The molecule has 304 valence electrons. The molecule has 3 atom stereocenters. The minimum absolute atomic E-state index is 0.00417. The molecule has 15 heteroatoms. The Labute approximate surface area is 342 Å². The van der Waals surface area contributed by atoms with Crippen molar-refractivity contribution in [3.8, 4) is 23.6 Å². The molecule has 1 saturated heterocycles. The van der Waals surface area contributed by atoms with E-state index >= 15 is 0 Å². The zero-order valence-corrected chi connectivity index (χ0v) is 33.7. The van der Waals surface area contributed by atoms with E-state index in [1.807, 2.05) is 91.0 Å². The average Bonchev–Trinajstić information content (AvgIpc) is 3.68. The van der Waals surface area contributed by atoms with E-state index in [0.29, 0.717) is 16.1 Å². The fourth-order valence-electron chi connectivity index (χ4n) is 6.75. The number of carbonyl (C=O) groups excluding carboxylic acids is 1. The maximum absolute atomic E-state index is 14.1. The smallest absolute Gasteiger partial charge is 0.340 e. The Bertz CT molecular complexity index is 2310. The van der Waals surface area contributed by atoms with Gasteiger partial charge in [0.15, 0.2) is 0 Å². The van der Waals surface area contributed by atoms with Gasteiger partial charge in [-0.1, -0.05) is 72.8 Å². The van der Waals surface area contributed by atoms with Crippen LogP contribution in [0.1, 0.15) is 58.1 Å². The first-order valence-electron chi connectivity index (χ1n) is 18.8. The number of hydrogen-bond acceptors (Lipinski definition) is 12. The number of methoxy groups -OCH3 is 2. The van der Waals surface area contributed by atoms with Crippen molar-refractivity contribution in [2.45, 2.75) is 50.2 Å². The first kappa shape index (κ1) is 42.6. The summed E-state index contributed by atoms with van der Waals surface area (Å²) in [6.45, 7) is 1.40. The topological polar surface area (TPSA) is 173 Å². The van der Waals surface area contributed by atoms with Crippen LogP contribution in [0.3, 0.4) is 0 Å². The predicted octanol–water partition coefficient (Wildman–Crippen LogP) is 6.79. The van der Waals surface area contributed by atoms with Crippen LogP contribution in [0.2, 0.25) is 0 Å². The lowest BCUT2D eigenvalue weighted by molar-refractivity contribution is -0.0931. The van der Waals surface area contributed by atoms with Gasteiger partial charge in [0, 0.05) is 23.7 Å². The maximum atomic E-state index is 14.1. The third kappa shape index (κ3) is 9.68. The van der Waals surface area contributed by atoms with E-state index in [4.69, 9.17) is 32.5 Å². The van der Waals surface area contributed by atoms with Crippen LogP contribution in [0.5, 0.6) is 11.5 Å². The number of benzene rings is 4. The van der Waals surface area contributed by atoms with Gasteiger partial charge in [0.2, 0.25) is 0 Å². The van der Waals surface area contributed by atoms with E-state index < -0.39 is 49.8 Å². The van der Waals surface area contributed by atoms with Gasteiger partial charge in [-0.3, -0.25) is 14.2 Å². The minimum Gasteiger partial charge on any atom is -0.497 e. The zero-order valence-electron chi connectivity index (χ0n) is 32.8. The van der Waals surface area contributed by atoms with E-state index in [-0.39, 0.29) is 50.2 Å². The van der Waals surface area contributed by atoms with Crippen molar-refractivity contribution in [2.75, 3.05) is 34.0 Å². The number of nitrogens with zero attached hydrogens (tertiary/aromatic N) is 4. The molecule has 0 aliphatic carbocycles. The van der Waals surface area contributed by atoms with Gasteiger partial charge in [0.25, 0.3) is 11.5 Å². The summed E-state index contributed by atoms with van der Waals surface area (Å²) in [5.74, 6) is 0.514. The number of carbonyl (C=O) groups is 1. The van der Waals surface area contributed by atoms with Gasteiger partial charge in [-0.05, 0) is 60.0 Å². The highest BCUT2D eigenvalue weighted by Gasteiger charge is 2.44. The van der Waals surface area contributed by atoms with Crippen molar-refractivity contribution in [3.05, 3.63) is 164 Å². The number of nitriles is 2. The first-order valence-corrected chi connectivity index (χ1v) is 19.9. The lowest BCUT2D eigenvalue weighted by Crippen LogP contribution is -2.45. The van der Waals surface area contributed by atoms with Gasteiger partial charge in [0.1, 0.15) is 29.4 Å². The molecule has 1 aliphatic heterocycles. The molecule has 6 rings (SSSR count). The van der Waals surface area contributed by atoms with E-state index in [0.717, 1.165) is 16.7 Å². The summed E-state index contributed by atoms with van der Waals surface area (Å²) in [6.07, 6.45) is -1.27. The Hall–Kier alpha value is -5.96. The summed E-state index contributed by atoms with van der Waals surface area (Å²) in [7, 11) is 1.06. The summed E-state index contributed by atoms with van der Waals surface area (Å²) in [5, 5.41) is 18.4. The molecule has 4 aromatic carbocycles. The minimum atomic E-state index is -2.12. The summed E-state index contributed by atoms with van der Waals surface area (Å²) < 4.78 is 44.8. The number of aromatic nitrogens is 2. The van der Waals surface area contributed by atoms with Gasteiger partial charge in [-0.25, -0.2) is 4.79 Å². The number of aryl methyl sites for hydroxylation is 1. The van der Waals surface area contributed by atoms with Crippen LogP contribution in [0.4, 0.5) is 0 Å². The summed E-state index contributed by atoms with van der Waals surface area (Å²) in [6, 6.07) is 36.8. The third-order valence-corrected chi connectivity index (χ3v) is 10.9. The summed E-state index contributed by atoms with van der Waals surface area (Å²) in [4.78, 5) is 41.1. The number of ether oxygens (including phenoxy) is 4. The van der Waals surface area contributed by atoms with Crippen molar-refractivity contribution in [1.82, 2.24) is 9.13 Å². The van der Waals surface area contributed by atoms with Crippen molar-refractivity contribution < 1.29 is 37.3 Å². The summed E-state index contributed by atoms with van der Waals surface area (Å²) >= 11 is 0. The van der Waals surface area contributed by atoms with E-state index in [9.17, 15) is 24.9 Å². The van der Waals surface area contributed by atoms with Crippen LogP contribution in [0, 0.1) is 29.6 Å². The van der Waals surface area contributed by atoms with Crippen LogP contribution in [-0.4, -0.2) is 61.3 Å². The molecule has 14 nitrogen and oxygen atoms in total. The third-order valence-electron chi connectivity index (χ3n) is 9.68. The molecule has 0 spiro atoms. The Morgan fingerprint density at radius 1 is 0.797 bits per heavy atom. The van der Waals surface area contributed by atoms with Gasteiger partial charge >= 0.3 is 14.3 Å². The Balaban J connectivity index is 1.43. The SMILES string of the molecule is COc1ccc(C(OC[C@H]2O[C@@H](n3cc(C)c(=O)n(C(=O)c4ccccc4)c3=O)C[C@@H]2OP(OCCC#N)OCCC#N)(c2ccccc2)c2ccc(OC)cc2)cc1. The van der Waals surface area contributed by atoms with Crippen LogP contribution in [-0.2, 0) is 28.6 Å². The standard InChI is InChI=1S/C44H43N4O10P/c1-31-29-47(43(51)48(41(31)49)42(50)32-12-6-4-7-13-32)40-28-38(58-59(55-26-10-24-45)56-27-11-25-46)39(57-40)30-54-44(33-14-8-5-9-15-33,34-16-20-36(52-2)21-17-34)35-18-22-37(53-3)23-19-35/h4-9,12-23,29,38-40H,10-11,26-28,30H2,1-3H3/t38-,39+,40+/m0/s1. The highest BCUT2D eigenvalue weighted by Crippen LogP contribution is 2.47. The average molecular weight is 819 g/mol. The fraction of sp³-hybridized carbons (Fsp3) is 0.295. The normalized spacial score (nSPS) is 16.3. The van der Waals surface area contributed by atoms with Gasteiger partial charge in [-0.15, -0.1) is 0 Å². The van der Waals surface area contributed by atoms with Crippen molar-refractivity contribution in [2.24, 2.45) is 0 Å². The molecule has 0 N–H and O–H groups in total. The van der Waals surface area contributed by atoms with Crippen LogP contribution in [0.15, 0.2) is 125 Å². The second-order valence-corrected chi connectivity index (χ2v) is 14.5. The molecule has 1 aliphatic rings. The molecule has 0 bridgehead atoms. The van der Waals surface area contributed by atoms with E-state index in [1.54, 1.807) is 32.4 Å². The highest BCUT2D eigenvalue weighted by molar-refractivity contribution is 7.41. The molecule has 5 aromatic rings. The zero-order chi connectivity index (χ0) is 41.8. The highest BCUT2D eigenvalue weighted by atomic mass is 31.2. The van der Waals surface area contributed by atoms with E-state index in [2.05, 4.69) is 0 Å². The molecular weight excluding hydrogens is 775 g/mol. The van der Waals surface area contributed by atoms with E-state index in [1.165, 1.54) is 29.8 Å². The van der Waals surface area contributed by atoms with Crippen LogP contribution < -0.4 is 20.7 Å². The van der Waals surface area contributed by atoms with Crippen LogP contribution >= 0.6 is 8.60 Å². The largest absolute Gasteiger partial charge is 0.497 e. The number of hydrogen-bond donors (Lipinski definition) is 0. The fourth-order valence-corrected chi connectivity index (χ4v) is 7.87. The van der Waals surface area contributed by atoms with Gasteiger partial charge in [0.05, 0.1) is 65.1 Å². The molecule has 1 fully saturated rings. The monoisotopic (exact) mass is 818 g/mol. The molecule has 59 heavy (non-hydrogen) atoms.